The minimum absolute atomic E-state index is 0.0818. The molecule has 1 heterocycles. The third-order valence-electron chi connectivity index (χ3n) is 1.96. The zero-order chi connectivity index (χ0) is 11.9. The maximum absolute atomic E-state index is 12.9. The van der Waals surface area contributed by atoms with Crippen molar-refractivity contribution in [2.45, 2.75) is 4.83 Å². The van der Waals surface area contributed by atoms with Crippen molar-refractivity contribution in [3.05, 3.63) is 34.1 Å². The highest BCUT2D eigenvalue weighted by Crippen LogP contribution is 2.35. The summed E-state index contributed by atoms with van der Waals surface area (Å²) in [5.41, 5.74) is -0.193. The van der Waals surface area contributed by atoms with Gasteiger partial charge in [0.05, 0.1) is 10.4 Å². The van der Waals surface area contributed by atoms with Crippen LogP contribution in [0.1, 0.15) is 5.82 Å². The standard InChI is InChI=1S/C8H4BrF2N3O2/c9-8(10,11)7-12-4-2-1-3-5(14(15)16)6(4)13-7/h1-3H,(H,12,13). The van der Waals surface area contributed by atoms with Gasteiger partial charge in [0.1, 0.15) is 0 Å². The topological polar surface area (TPSA) is 71.8 Å². The molecule has 0 unspecified atom stereocenters. The van der Waals surface area contributed by atoms with Gasteiger partial charge in [0.25, 0.3) is 5.69 Å². The van der Waals surface area contributed by atoms with Gasteiger partial charge in [0, 0.05) is 6.07 Å². The Morgan fingerprint density at radius 2 is 2.19 bits per heavy atom. The fourth-order valence-corrected chi connectivity index (χ4v) is 1.49. The van der Waals surface area contributed by atoms with Crippen molar-refractivity contribution < 1.29 is 13.7 Å². The number of fused-ring (bicyclic) bond motifs is 1. The van der Waals surface area contributed by atoms with Gasteiger partial charge in [-0.2, -0.15) is 8.78 Å². The van der Waals surface area contributed by atoms with E-state index in [9.17, 15) is 18.9 Å². The van der Waals surface area contributed by atoms with E-state index in [0.717, 1.165) is 0 Å². The Kier molecular flexibility index (Phi) is 2.38. The van der Waals surface area contributed by atoms with Crippen LogP contribution in [0.2, 0.25) is 0 Å². The summed E-state index contributed by atoms with van der Waals surface area (Å²) in [6.07, 6.45) is 0. The fourth-order valence-electron chi connectivity index (χ4n) is 1.30. The first-order chi connectivity index (χ1) is 7.39. The van der Waals surface area contributed by atoms with E-state index in [0.29, 0.717) is 0 Å². The Bertz CT molecular complexity index is 564. The Balaban J connectivity index is 2.71. The molecular weight excluding hydrogens is 288 g/mol. The highest BCUT2D eigenvalue weighted by atomic mass is 79.9. The number of hydrogen-bond acceptors (Lipinski definition) is 3. The second-order valence-electron chi connectivity index (χ2n) is 3.01. The summed E-state index contributed by atoms with van der Waals surface area (Å²) in [5.74, 6) is -0.656. The summed E-state index contributed by atoms with van der Waals surface area (Å²) >= 11 is 2.13. The quantitative estimate of drug-likeness (QED) is 0.525. The van der Waals surface area contributed by atoms with Crippen LogP contribution in [-0.4, -0.2) is 14.9 Å². The van der Waals surface area contributed by atoms with Crippen molar-refractivity contribution in [2.24, 2.45) is 0 Å². The minimum atomic E-state index is -3.33. The maximum atomic E-state index is 12.9. The molecule has 8 heteroatoms. The second kappa shape index (κ2) is 3.48. The average molecular weight is 292 g/mol. The predicted molar refractivity (Wildman–Crippen MR) is 55.6 cm³/mol. The molecule has 2 rings (SSSR count). The molecule has 1 aromatic heterocycles. The molecule has 1 aromatic carbocycles. The molecule has 0 saturated heterocycles. The summed E-state index contributed by atoms with van der Waals surface area (Å²) < 4.78 is 25.8. The highest BCUT2D eigenvalue weighted by Gasteiger charge is 2.32. The summed E-state index contributed by atoms with van der Waals surface area (Å²) in [5, 5.41) is 10.6. The van der Waals surface area contributed by atoms with Gasteiger partial charge in [0.2, 0.25) is 0 Å². The van der Waals surface area contributed by atoms with Crippen molar-refractivity contribution in [2.75, 3.05) is 0 Å². The molecule has 0 aliphatic rings. The average Bonchev–Trinajstić information content (AvgIpc) is 2.59. The summed E-state index contributed by atoms with van der Waals surface area (Å²) in [4.78, 5) is 12.5. The number of halogens is 3. The Hall–Kier alpha value is -1.57. The van der Waals surface area contributed by atoms with E-state index < -0.39 is 15.6 Å². The van der Waals surface area contributed by atoms with Gasteiger partial charge in [-0.05, 0) is 22.0 Å². The number of H-pyrrole nitrogens is 1. The number of rotatable bonds is 2. The minimum Gasteiger partial charge on any atom is -0.336 e. The van der Waals surface area contributed by atoms with Crippen molar-refractivity contribution in [1.82, 2.24) is 9.97 Å². The number of aromatic amines is 1. The van der Waals surface area contributed by atoms with Crippen molar-refractivity contribution in [1.29, 1.82) is 0 Å². The molecule has 0 fully saturated rings. The third-order valence-corrected chi connectivity index (χ3v) is 2.33. The third kappa shape index (κ3) is 1.75. The number of nitro groups is 1. The van der Waals surface area contributed by atoms with Gasteiger partial charge >= 0.3 is 4.83 Å². The molecule has 2 aromatic rings. The highest BCUT2D eigenvalue weighted by molar-refractivity contribution is 9.09. The van der Waals surface area contributed by atoms with Crippen LogP contribution in [0, 0.1) is 10.1 Å². The van der Waals surface area contributed by atoms with Crippen molar-refractivity contribution in [3.8, 4) is 0 Å². The lowest BCUT2D eigenvalue weighted by Crippen LogP contribution is -2.04. The van der Waals surface area contributed by atoms with E-state index in [1.165, 1.54) is 18.2 Å². The zero-order valence-electron chi connectivity index (χ0n) is 7.58. The molecule has 0 bridgehead atoms. The largest absolute Gasteiger partial charge is 0.358 e. The Morgan fingerprint density at radius 1 is 1.50 bits per heavy atom. The number of alkyl halides is 3. The Morgan fingerprint density at radius 3 is 2.75 bits per heavy atom. The Labute approximate surface area is 95.8 Å². The molecule has 0 aliphatic heterocycles. The monoisotopic (exact) mass is 291 g/mol. The number of nitrogens with zero attached hydrogens (tertiary/aromatic N) is 2. The number of non-ortho nitro benzene ring substituents is 1. The van der Waals surface area contributed by atoms with E-state index in [1.54, 1.807) is 0 Å². The molecule has 0 atom stereocenters. The first-order valence-corrected chi connectivity index (χ1v) is 4.89. The molecule has 0 saturated carbocycles. The molecule has 16 heavy (non-hydrogen) atoms. The van der Waals surface area contributed by atoms with Gasteiger partial charge in [-0.3, -0.25) is 10.1 Å². The van der Waals surface area contributed by atoms with Gasteiger partial charge in [0.15, 0.2) is 11.3 Å². The molecule has 1 N–H and O–H groups in total. The maximum Gasteiger partial charge on any atom is 0.358 e. The molecule has 0 amide bonds. The normalized spacial score (nSPS) is 11.9. The summed E-state index contributed by atoms with van der Waals surface area (Å²) in [7, 11) is 0. The van der Waals surface area contributed by atoms with Crippen LogP contribution in [0.25, 0.3) is 11.0 Å². The van der Waals surface area contributed by atoms with E-state index in [4.69, 9.17) is 0 Å². The number of nitrogens with one attached hydrogen (secondary N) is 1. The van der Waals surface area contributed by atoms with Crippen molar-refractivity contribution in [3.63, 3.8) is 0 Å². The fraction of sp³-hybridized carbons (Fsp3) is 0.125. The van der Waals surface area contributed by atoms with E-state index in [2.05, 4.69) is 25.9 Å². The van der Waals surface area contributed by atoms with Crippen molar-refractivity contribution >= 4 is 32.7 Å². The van der Waals surface area contributed by atoms with Crippen LogP contribution in [0.15, 0.2) is 18.2 Å². The number of aromatic nitrogens is 2. The van der Waals surface area contributed by atoms with Gasteiger partial charge in [-0.15, -0.1) is 0 Å². The predicted octanol–water partition coefficient (Wildman–Crippen LogP) is 2.92. The van der Waals surface area contributed by atoms with Crippen LogP contribution in [0.4, 0.5) is 14.5 Å². The zero-order valence-corrected chi connectivity index (χ0v) is 9.16. The second-order valence-corrected chi connectivity index (χ2v) is 4.01. The lowest BCUT2D eigenvalue weighted by Gasteiger charge is -2.01. The molecule has 84 valence electrons. The van der Waals surface area contributed by atoms with Crippen LogP contribution in [0.3, 0.4) is 0 Å². The van der Waals surface area contributed by atoms with E-state index >= 15 is 0 Å². The van der Waals surface area contributed by atoms with Crippen LogP contribution < -0.4 is 0 Å². The first-order valence-electron chi connectivity index (χ1n) is 4.10. The molecule has 0 spiro atoms. The number of hydrogen-bond donors (Lipinski definition) is 1. The number of nitro benzene ring substituents is 1. The van der Waals surface area contributed by atoms with E-state index in [1.807, 2.05) is 0 Å². The molecule has 0 aliphatic carbocycles. The molecule has 0 radical (unpaired) electrons. The van der Waals surface area contributed by atoms with Crippen LogP contribution in [0.5, 0.6) is 0 Å². The smallest absolute Gasteiger partial charge is 0.336 e. The lowest BCUT2D eigenvalue weighted by atomic mass is 10.3. The van der Waals surface area contributed by atoms with Crippen LogP contribution in [-0.2, 0) is 4.83 Å². The first kappa shape index (κ1) is 10.9. The number of imidazole rings is 1. The van der Waals surface area contributed by atoms with Gasteiger partial charge in [-0.1, -0.05) is 6.07 Å². The summed E-state index contributed by atoms with van der Waals surface area (Å²) in [6.45, 7) is 0. The van der Waals surface area contributed by atoms with Gasteiger partial charge < -0.3 is 4.98 Å². The van der Waals surface area contributed by atoms with Gasteiger partial charge in [-0.25, -0.2) is 4.98 Å². The molecule has 5 nitrogen and oxygen atoms in total. The van der Waals surface area contributed by atoms with Crippen LogP contribution >= 0.6 is 15.9 Å². The number of benzene rings is 1. The SMILES string of the molecule is O=[N+]([O-])c1cccc2[nH]c(C(F)(F)Br)nc12. The molecular formula is C8H4BrF2N3O2. The van der Waals surface area contributed by atoms with E-state index in [-0.39, 0.29) is 16.7 Å². The summed E-state index contributed by atoms with van der Waals surface area (Å²) in [6, 6.07) is 4.05. The number of para-hydroxylation sites is 1. The lowest BCUT2D eigenvalue weighted by molar-refractivity contribution is -0.383.